The lowest BCUT2D eigenvalue weighted by Gasteiger charge is -2.00. The summed E-state index contributed by atoms with van der Waals surface area (Å²) in [5.74, 6) is -0.0946. The Kier molecular flexibility index (Phi) is 3.39. The summed E-state index contributed by atoms with van der Waals surface area (Å²) in [6, 6.07) is 13.6. The van der Waals surface area contributed by atoms with E-state index in [0.717, 1.165) is 15.6 Å². The monoisotopic (exact) mass is 336 g/mol. The van der Waals surface area contributed by atoms with Crippen molar-refractivity contribution in [3.8, 4) is 0 Å². The summed E-state index contributed by atoms with van der Waals surface area (Å²) in [4.78, 5) is 17.4. The van der Waals surface area contributed by atoms with Crippen molar-refractivity contribution >= 4 is 38.4 Å². The van der Waals surface area contributed by atoms with Crippen LogP contribution in [-0.2, 0) is 7.05 Å². The molecule has 0 saturated heterocycles. The number of nitrogens with zero attached hydrogens (tertiary/aromatic N) is 2. The van der Waals surface area contributed by atoms with E-state index in [2.05, 4.69) is 31.0 Å². The molecule has 0 fully saturated rings. The van der Waals surface area contributed by atoms with Gasteiger partial charge in [-0.15, -0.1) is 0 Å². The maximum absolute atomic E-state index is 12.5. The molecule has 0 saturated carbocycles. The molecule has 4 nitrogen and oxygen atoms in total. The first-order valence-electron chi connectivity index (χ1n) is 7.67. The lowest BCUT2D eigenvalue weighted by molar-refractivity contribution is 0.0973. The number of aryl methyl sites for hydroxylation is 3. The fourth-order valence-corrected chi connectivity index (χ4v) is 3.81. The van der Waals surface area contributed by atoms with Gasteiger partial charge in [-0.3, -0.25) is 4.79 Å². The Bertz CT molecular complexity index is 1130. The molecule has 24 heavy (non-hydrogen) atoms. The van der Waals surface area contributed by atoms with Gasteiger partial charge in [0.15, 0.2) is 10.6 Å². The molecule has 2 aromatic carbocycles. The van der Waals surface area contributed by atoms with E-state index < -0.39 is 0 Å². The fourth-order valence-electron chi connectivity index (χ4n) is 2.72. The van der Waals surface area contributed by atoms with Crippen LogP contribution in [0.3, 0.4) is 0 Å². The van der Waals surface area contributed by atoms with Gasteiger partial charge in [-0.1, -0.05) is 29.5 Å². The van der Waals surface area contributed by atoms with E-state index in [1.807, 2.05) is 35.9 Å². The van der Waals surface area contributed by atoms with Crippen molar-refractivity contribution in [2.24, 2.45) is 12.0 Å². The first-order valence-corrected chi connectivity index (χ1v) is 8.49. The molecular formula is C19H16N2O2S. The summed E-state index contributed by atoms with van der Waals surface area (Å²) in [6.07, 6.45) is 0. The summed E-state index contributed by atoms with van der Waals surface area (Å²) in [7, 11) is 1.93. The number of hydrogen-bond acceptors (Lipinski definition) is 3. The topological polar surface area (TPSA) is 47.5 Å². The number of benzene rings is 2. The van der Waals surface area contributed by atoms with E-state index in [0.29, 0.717) is 10.4 Å². The minimum Gasteiger partial charge on any atom is -0.451 e. The number of para-hydroxylation sites is 1. The Morgan fingerprint density at radius 2 is 1.88 bits per heavy atom. The number of fused-ring (bicyclic) bond motifs is 2. The Balaban J connectivity index is 1.83. The quantitative estimate of drug-likeness (QED) is 0.519. The summed E-state index contributed by atoms with van der Waals surface area (Å²) in [5, 5.41) is 0.906. The zero-order valence-electron chi connectivity index (χ0n) is 13.7. The molecule has 120 valence electrons. The molecule has 5 heteroatoms. The molecule has 0 spiro atoms. The zero-order valence-corrected chi connectivity index (χ0v) is 14.5. The minimum atomic E-state index is -0.359. The van der Waals surface area contributed by atoms with Crippen molar-refractivity contribution in [1.29, 1.82) is 0 Å². The SMILES string of the molecule is Cc1cc2sc(=NC(=O)c3cc4ccccc4o3)n(C)c2cc1C. The van der Waals surface area contributed by atoms with Crippen LogP contribution >= 0.6 is 11.3 Å². The highest BCUT2D eigenvalue weighted by molar-refractivity contribution is 7.16. The van der Waals surface area contributed by atoms with Crippen molar-refractivity contribution in [2.45, 2.75) is 13.8 Å². The van der Waals surface area contributed by atoms with Gasteiger partial charge in [0, 0.05) is 12.4 Å². The number of rotatable bonds is 1. The van der Waals surface area contributed by atoms with E-state index in [1.54, 1.807) is 6.07 Å². The number of furan rings is 1. The number of carbonyl (C=O) groups is 1. The molecular weight excluding hydrogens is 320 g/mol. The maximum atomic E-state index is 12.5. The lowest BCUT2D eigenvalue weighted by atomic mass is 10.1. The fraction of sp³-hybridized carbons (Fsp3) is 0.158. The van der Waals surface area contributed by atoms with Gasteiger partial charge >= 0.3 is 5.91 Å². The van der Waals surface area contributed by atoms with Gasteiger partial charge in [-0.25, -0.2) is 0 Å². The highest BCUT2D eigenvalue weighted by atomic mass is 32.1. The average Bonchev–Trinajstić information content (AvgIpc) is 3.11. The molecule has 0 atom stereocenters. The van der Waals surface area contributed by atoms with E-state index in [9.17, 15) is 4.79 Å². The normalized spacial score (nSPS) is 12.4. The molecule has 0 N–H and O–H groups in total. The Morgan fingerprint density at radius 1 is 1.12 bits per heavy atom. The summed E-state index contributed by atoms with van der Waals surface area (Å²) in [5.41, 5.74) is 4.24. The van der Waals surface area contributed by atoms with Gasteiger partial charge in [-0.2, -0.15) is 4.99 Å². The highest BCUT2D eigenvalue weighted by Crippen LogP contribution is 2.22. The molecule has 2 heterocycles. The highest BCUT2D eigenvalue weighted by Gasteiger charge is 2.12. The Hall–Kier alpha value is -2.66. The number of carbonyl (C=O) groups excluding carboxylic acids is 1. The molecule has 0 unspecified atom stereocenters. The number of hydrogen-bond donors (Lipinski definition) is 0. The van der Waals surface area contributed by atoms with Gasteiger partial charge in [0.05, 0.1) is 10.2 Å². The average molecular weight is 336 g/mol. The van der Waals surface area contributed by atoms with Crippen LogP contribution in [0.1, 0.15) is 21.7 Å². The largest absolute Gasteiger partial charge is 0.451 e. The van der Waals surface area contributed by atoms with E-state index in [4.69, 9.17) is 4.42 Å². The number of thiazole rings is 1. The predicted molar refractivity (Wildman–Crippen MR) is 96.4 cm³/mol. The molecule has 4 aromatic rings. The summed E-state index contributed by atoms with van der Waals surface area (Å²) >= 11 is 1.51. The number of amides is 1. The molecule has 2 aromatic heterocycles. The summed E-state index contributed by atoms with van der Waals surface area (Å²) in [6.45, 7) is 4.17. The van der Waals surface area contributed by atoms with Crippen LogP contribution in [0.25, 0.3) is 21.2 Å². The van der Waals surface area contributed by atoms with Gasteiger partial charge in [0.1, 0.15) is 5.58 Å². The predicted octanol–water partition coefficient (Wildman–Crippen LogP) is 4.34. The first kappa shape index (κ1) is 14.9. The van der Waals surface area contributed by atoms with Crippen LogP contribution in [0, 0.1) is 13.8 Å². The molecule has 0 bridgehead atoms. The molecule has 0 radical (unpaired) electrons. The van der Waals surface area contributed by atoms with Crippen LogP contribution in [0.5, 0.6) is 0 Å². The van der Waals surface area contributed by atoms with Crippen molar-refractivity contribution in [1.82, 2.24) is 4.57 Å². The first-order chi connectivity index (χ1) is 11.5. The summed E-state index contributed by atoms with van der Waals surface area (Å²) < 4.78 is 8.68. The third-order valence-electron chi connectivity index (χ3n) is 4.26. The molecule has 0 aliphatic heterocycles. The zero-order chi connectivity index (χ0) is 16.8. The second-order valence-corrected chi connectivity index (χ2v) is 6.92. The van der Waals surface area contributed by atoms with Crippen LogP contribution in [0.2, 0.25) is 0 Å². The molecule has 0 aliphatic carbocycles. The maximum Gasteiger partial charge on any atom is 0.315 e. The van der Waals surface area contributed by atoms with Crippen LogP contribution in [-0.4, -0.2) is 10.5 Å². The Morgan fingerprint density at radius 3 is 2.67 bits per heavy atom. The smallest absolute Gasteiger partial charge is 0.315 e. The third kappa shape index (κ3) is 2.37. The van der Waals surface area contributed by atoms with Crippen LogP contribution in [0.15, 0.2) is 51.9 Å². The molecule has 1 amide bonds. The van der Waals surface area contributed by atoms with E-state index >= 15 is 0 Å². The lowest BCUT2D eigenvalue weighted by Crippen LogP contribution is -2.13. The van der Waals surface area contributed by atoms with E-state index in [-0.39, 0.29) is 11.7 Å². The Labute approximate surface area is 142 Å². The van der Waals surface area contributed by atoms with Gasteiger partial charge in [-0.05, 0) is 49.2 Å². The van der Waals surface area contributed by atoms with Gasteiger partial charge in [0.2, 0.25) is 0 Å². The molecule has 0 aliphatic rings. The standard InChI is InChI=1S/C19H16N2O2S/c1-11-8-14-17(9-12(11)2)24-19(21(14)3)20-18(22)16-10-13-6-4-5-7-15(13)23-16/h4-10H,1-3H3. The van der Waals surface area contributed by atoms with Crippen LogP contribution < -0.4 is 4.80 Å². The van der Waals surface area contributed by atoms with E-state index in [1.165, 1.54) is 22.5 Å². The third-order valence-corrected chi connectivity index (χ3v) is 5.35. The van der Waals surface area contributed by atoms with Crippen molar-refractivity contribution in [3.05, 3.63) is 64.2 Å². The van der Waals surface area contributed by atoms with Crippen molar-refractivity contribution in [2.75, 3.05) is 0 Å². The number of aromatic nitrogens is 1. The second kappa shape index (κ2) is 5.46. The van der Waals surface area contributed by atoms with Crippen LogP contribution in [0.4, 0.5) is 0 Å². The minimum absolute atomic E-state index is 0.265. The van der Waals surface area contributed by atoms with Crippen molar-refractivity contribution in [3.63, 3.8) is 0 Å². The van der Waals surface area contributed by atoms with Gasteiger partial charge in [0.25, 0.3) is 0 Å². The van der Waals surface area contributed by atoms with Crippen molar-refractivity contribution < 1.29 is 9.21 Å². The second-order valence-electron chi connectivity index (χ2n) is 5.91. The van der Waals surface area contributed by atoms with Gasteiger partial charge < -0.3 is 8.98 Å². The molecule has 4 rings (SSSR count).